The molecule has 0 aliphatic heterocycles. The molecule has 98 valence electrons. The lowest BCUT2D eigenvalue weighted by Crippen LogP contribution is -2.01. The molecule has 0 bridgehead atoms. The van der Waals surface area contributed by atoms with Crippen LogP contribution in [0.4, 0.5) is 0 Å². The monoisotopic (exact) mass is 246 g/mol. The predicted octanol–water partition coefficient (Wildman–Crippen LogP) is 3.46. The second kappa shape index (κ2) is 5.55. The van der Waals surface area contributed by atoms with E-state index >= 15 is 0 Å². The highest BCUT2D eigenvalue weighted by atomic mass is 16.4. The average Bonchev–Trinajstić information content (AvgIpc) is 3.15. The molecule has 18 heavy (non-hydrogen) atoms. The lowest BCUT2D eigenvalue weighted by atomic mass is 9.96. The Balaban J connectivity index is 1.98. The van der Waals surface area contributed by atoms with E-state index in [9.17, 15) is 4.79 Å². The maximum Gasteiger partial charge on any atom is 0.306 e. The van der Waals surface area contributed by atoms with Gasteiger partial charge in [-0.25, -0.2) is 0 Å². The molecule has 0 spiro atoms. The molecule has 2 atom stereocenters. The first kappa shape index (κ1) is 13.1. The molecule has 1 saturated carbocycles. The zero-order valence-corrected chi connectivity index (χ0v) is 11.3. The number of benzene rings is 1. The van der Waals surface area contributed by atoms with Crippen LogP contribution in [0.2, 0.25) is 0 Å². The number of rotatable bonds is 6. The SMILES string of the molecule is CCc1ccc(CC)c(CCC2CC2C(=O)O)c1. The molecule has 1 aromatic rings. The summed E-state index contributed by atoms with van der Waals surface area (Å²) in [5, 5.41) is 8.90. The Bertz CT molecular complexity index is 437. The van der Waals surface area contributed by atoms with Crippen molar-refractivity contribution in [3.63, 3.8) is 0 Å². The minimum atomic E-state index is -0.613. The van der Waals surface area contributed by atoms with Gasteiger partial charge in [0.15, 0.2) is 0 Å². The fourth-order valence-corrected chi connectivity index (χ4v) is 2.69. The Morgan fingerprint density at radius 2 is 2.06 bits per heavy atom. The van der Waals surface area contributed by atoms with Gasteiger partial charge in [0.25, 0.3) is 0 Å². The normalized spacial score (nSPS) is 21.9. The molecule has 0 amide bonds. The van der Waals surface area contributed by atoms with E-state index in [4.69, 9.17) is 5.11 Å². The summed E-state index contributed by atoms with van der Waals surface area (Å²) < 4.78 is 0. The van der Waals surface area contributed by atoms with Crippen molar-refractivity contribution in [3.8, 4) is 0 Å². The number of carboxylic acids is 1. The van der Waals surface area contributed by atoms with Gasteiger partial charge >= 0.3 is 5.97 Å². The minimum Gasteiger partial charge on any atom is -0.481 e. The Hall–Kier alpha value is -1.31. The van der Waals surface area contributed by atoms with E-state index in [-0.39, 0.29) is 5.92 Å². The first-order valence-corrected chi connectivity index (χ1v) is 6.99. The molecular weight excluding hydrogens is 224 g/mol. The van der Waals surface area contributed by atoms with Crippen molar-refractivity contribution in [1.82, 2.24) is 0 Å². The molecule has 0 saturated heterocycles. The summed E-state index contributed by atoms with van der Waals surface area (Å²) >= 11 is 0. The summed E-state index contributed by atoms with van der Waals surface area (Å²) in [6.07, 6.45) is 5.07. The van der Waals surface area contributed by atoms with Crippen LogP contribution in [0.3, 0.4) is 0 Å². The largest absolute Gasteiger partial charge is 0.481 e. The highest BCUT2D eigenvalue weighted by Gasteiger charge is 2.42. The fourth-order valence-electron chi connectivity index (χ4n) is 2.69. The Morgan fingerprint density at radius 3 is 2.61 bits per heavy atom. The maximum atomic E-state index is 10.8. The zero-order valence-electron chi connectivity index (χ0n) is 11.3. The van der Waals surface area contributed by atoms with Crippen LogP contribution in [-0.2, 0) is 24.1 Å². The molecular formula is C16H22O2. The summed E-state index contributed by atoms with van der Waals surface area (Å²) in [5.74, 6) is -0.264. The van der Waals surface area contributed by atoms with E-state index in [1.54, 1.807) is 0 Å². The summed E-state index contributed by atoms with van der Waals surface area (Å²) in [4.78, 5) is 10.8. The van der Waals surface area contributed by atoms with Crippen LogP contribution >= 0.6 is 0 Å². The van der Waals surface area contributed by atoms with Crippen molar-refractivity contribution in [1.29, 1.82) is 0 Å². The Kier molecular flexibility index (Phi) is 4.05. The van der Waals surface area contributed by atoms with E-state index in [0.717, 1.165) is 32.1 Å². The second-order valence-electron chi connectivity index (χ2n) is 5.29. The third kappa shape index (κ3) is 2.92. The van der Waals surface area contributed by atoms with Crippen molar-refractivity contribution >= 4 is 5.97 Å². The topological polar surface area (TPSA) is 37.3 Å². The summed E-state index contributed by atoms with van der Waals surface area (Å²) in [6, 6.07) is 6.74. The molecule has 2 unspecified atom stereocenters. The Labute approximate surface area is 109 Å². The summed E-state index contributed by atoms with van der Waals surface area (Å²) in [6.45, 7) is 4.35. The zero-order chi connectivity index (χ0) is 13.1. The van der Waals surface area contributed by atoms with Gasteiger partial charge in [-0.3, -0.25) is 4.79 Å². The number of hydrogen-bond donors (Lipinski definition) is 1. The molecule has 0 aromatic heterocycles. The molecule has 1 N–H and O–H groups in total. The van der Waals surface area contributed by atoms with E-state index < -0.39 is 5.97 Å². The smallest absolute Gasteiger partial charge is 0.306 e. The quantitative estimate of drug-likeness (QED) is 0.834. The van der Waals surface area contributed by atoms with Crippen molar-refractivity contribution in [2.45, 2.75) is 46.0 Å². The molecule has 2 nitrogen and oxygen atoms in total. The minimum absolute atomic E-state index is 0.0653. The van der Waals surface area contributed by atoms with E-state index in [1.807, 2.05) is 0 Å². The van der Waals surface area contributed by atoms with Gasteiger partial charge < -0.3 is 5.11 Å². The Morgan fingerprint density at radius 1 is 1.28 bits per heavy atom. The van der Waals surface area contributed by atoms with Crippen LogP contribution in [0.25, 0.3) is 0 Å². The molecule has 1 aromatic carbocycles. The molecule has 1 fully saturated rings. The first-order valence-electron chi connectivity index (χ1n) is 6.99. The van der Waals surface area contributed by atoms with Gasteiger partial charge in [-0.05, 0) is 54.7 Å². The number of aryl methyl sites for hydroxylation is 3. The maximum absolute atomic E-state index is 10.8. The van der Waals surface area contributed by atoms with Crippen LogP contribution in [0.1, 0.15) is 43.4 Å². The first-order chi connectivity index (χ1) is 8.65. The van der Waals surface area contributed by atoms with Crippen LogP contribution in [0, 0.1) is 11.8 Å². The number of carbonyl (C=O) groups is 1. The highest BCUT2D eigenvalue weighted by Crippen LogP contribution is 2.42. The lowest BCUT2D eigenvalue weighted by Gasteiger charge is -2.09. The fraction of sp³-hybridized carbons (Fsp3) is 0.562. The van der Waals surface area contributed by atoms with Gasteiger partial charge in [0.1, 0.15) is 0 Å². The number of carboxylic acid groups (broad SMARTS) is 1. The number of aliphatic carboxylic acids is 1. The molecule has 0 heterocycles. The molecule has 1 aliphatic rings. The van der Waals surface area contributed by atoms with Crippen molar-refractivity contribution < 1.29 is 9.90 Å². The standard InChI is InChI=1S/C16H22O2/c1-3-11-5-6-12(4-2)13(9-11)7-8-14-10-15(14)16(17)18/h5-6,9,14-15H,3-4,7-8,10H2,1-2H3,(H,17,18). The van der Waals surface area contributed by atoms with Crippen LogP contribution in [0.5, 0.6) is 0 Å². The van der Waals surface area contributed by atoms with Crippen LogP contribution in [0.15, 0.2) is 18.2 Å². The van der Waals surface area contributed by atoms with Gasteiger partial charge in [-0.2, -0.15) is 0 Å². The molecule has 0 radical (unpaired) electrons. The molecule has 2 rings (SSSR count). The van der Waals surface area contributed by atoms with Crippen LogP contribution < -0.4 is 0 Å². The van der Waals surface area contributed by atoms with Crippen molar-refractivity contribution in [3.05, 3.63) is 34.9 Å². The highest BCUT2D eigenvalue weighted by molar-refractivity contribution is 5.73. The third-order valence-electron chi connectivity index (χ3n) is 4.08. The molecule has 2 heteroatoms. The van der Waals surface area contributed by atoms with Crippen LogP contribution in [-0.4, -0.2) is 11.1 Å². The van der Waals surface area contributed by atoms with Gasteiger partial charge in [-0.15, -0.1) is 0 Å². The third-order valence-corrected chi connectivity index (χ3v) is 4.08. The lowest BCUT2D eigenvalue weighted by molar-refractivity contribution is -0.138. The van der Waals surface area contributed by atoms with E-state index in [1.165, 1.54) is 16.7 Å². The molecule has 1 aliphatic carbocycles. The number of hydrogen-bond acceptors (Lipinski definition) is 1. The average molecular weight is 246 g/mol. The van der Waals surface area contributed by atoms with Crippen molar-refractivity contribution in [2.75, 3.05) is 0 Å². The van der Waals surface area contributed by atoms with Gasteiger partial charge in [0, 0.05) is 0 Å². The summed E-state index contributed by atoms with van der Waals surface area (Å²) in [7, 11) is 0. The van der Waals surface area contributed by atoms with Gasteiger partial charge in [-0.1, -0.05) is 32.0 Å². The second-order valence-corrected chi connectivity index (χ2v) is 5.29. The van der Waals surface area contributed by atoms with E-state index in [2.05, 4.69) is 32.0 Å². The predicted molar refractivity (Wildman–Crippen MR) is 72.8 cm³/mol. The van der Waals surface area contributed by atoms with Gasteiger partial charge in [0.05, 0.1) is 5.92 Å². The van der Waals surface area contributed by atoms with Gasteiger partial charge in [0.2, 0.25) is 0 Å². The summed E-state index contributed by atoms with van der Waals surface area (Å²) in [5.41, 5.74) is 4.22. The van der Waals surface area contributed by atoms with Crippen molar-refractivity contribution in [2.24, 2.45) is 11.8 Å². The van der Waals surface area contributed by atoms with E-state index in [0.29, 0.717) is 5.92 Å².